The van der Waals surface area contributed by atoms with Crippen LogP contribution in [0.1, 0.15) is 25.1 Å². The fourth-order valence-electron chi connectivity index (χ4n) is 1.54. The smallest absolute Gasteiger partial charge is 0.126 e. The predicted octanol–water partition coefficient (Wildman–Crippen LogP) is 3.87. The Labute approximate surface area is 102 Å². The Morgan fingerprint density at radius 3 is 2.29 bits per heavy atom. The summed E-state index contributed by atoms with van der Waals surface area (Å²) in [4.78, 5) is 0. The van der Waals surface area contributed by atoms with Crippen LogP contribution in [0.4, 0.5) is 4.39 Å². The lowest BCUT2D eigenvalue weighted by Gasteiger charge is -2.02. The van der Waals surface area contributed by atoms with Gasteiger partial charge in [-0.25, -0.2) is 4.39 Å². The summed E-state index contributed by atoms with van der Waals surface area (Å²) < 4.78 is 15.2. The van der Waals surface area contributed by atoms with Gasteiger partial charge >= 0.3 is 0 Å². The van der Waals surface area contributed by atoms with E-state index < -0.39 is 0 Å². The van der Waals surface area contributed by atoms with Gasteiger partial charge in [0.25, 0.3) is 0 Å². The van der Waals surface area contributed by atoms with Gasteiger partial charge in [0.1, 0.15) is 5.82 Å². The molecule has 0 fully saturated rings. The molecule has 0 aliphatic rings. The van der Waals surface area contributed by atoms with Gasteiger partial charge in [0.15, 0.2) is 0 Å². The number of rotatable bonds is 1. The Balaban J connectivity index is 0.000000686. The van der Waals surface area contributed by atoms with Crippen molar-refractivity contribution in [3.63, 3.8) is 0 Å². The summed E-state index contributed by atoms with van der Waals surface area (Å²) >= 11 is 0. The molecule has 2 nitrogen and oxygen atoms in total. The molecule has 0 N–H and O–H groups in total. The number of benzene rings is 1. The molecule has 0 aliphatic heterocycles. The van der Waals surface area contributed by atoms with Crippen LogP contribution in [0.15, 0.2) is 24.4 Å². The van der Waals surface area contributed by atoms with Gasteiger partial charge in [-0.1, -0.05) is 26.0 Å². The first-order valence-corrected chi connectivity index (χ1v) is 5.84. The van der Waals surface area contributed by atoms with Crippen molar-refractivity contribution in [1.82, 2.24) is 9.78 Å². The quantitative estimate of drug-likeness (QED) is 0.732. The molecular formula is C14H19FN2. The highest BCUT2D eigenvalue weighted by Crippen LogP contribution is 2.24. The van der Waals surface area contributed by atoms with Crippen molar-refractivity contribution >= 4 is 0 Å². The molecule has 17 heavy (non-hydrogen) atoms. The van der Waals surface area contributed by atoms with E-state index in [1.807, 2.05) is 33.9 Å². The normalized spacial score (nSPS) is 9.76. The molecule has 92 valence electrons. The van der Waals surface area contributed by atoms with Crippen molar-refractivity contribution in [1.29, 1.82) is 0 Å². The maximum absolute atomic E-state index is 13.4. The van der Waals surface area contributed by atoms with Crippen LogP contribution < -0.4 is 0 Å². The lowest BCUT2D eigenvalue weighted by Crippen LogP contribution is -1.92. The molecule has 0 spiro atoms. The van der Waals surface area contributed by atoms with E-state index in [0.717, 1.165) is 16.8 Å². The molecule has 0 amide bonds. The Kier molecular flexibility index (Phi) is 4.44. The van der Waals surface area contributed by atoms with Crippen LogP contribution in [0.5, 0.6) is 0 Å². The first-order chi connectivity index (χ1) is 8.09. The van der Waals surface area contributed by atoms with E-state index >= 15 is 0 Å². The molecule has 0 saturated carbocycles. The molecule has 3 heteroatoms. The molecule has 1 aromatic carbocycles. The first kappa shape index (κ1) is 13.4. The lowest BCUT2D eigenvalue weighted by molar-refractivity contribution is 0.619. The number of hydrogen-bond acceptors (Lipinski definition) is 1. The molecule has 0 bridgehead atoms. The minimum atomic E-state index is -0.171. The predicted molar refractivity (Wildman–Crippen MR) is 69.4 cm³/mol. The molecule has 0 atom stereocenters. The Morgan fingerprint density at radius 1 is 1.18 bits per heavy atom. The zero-order valence-corrected chi connectivity index (χ0v) is 11.1. The van der Waals surface area contributed by atoms with Gasteiger partial charge in [-0.05, 0) is 31.0 Å². The van der Waals surface area contributed by atoms with Crippen molar-refractivity contribution in [2.75, 3.05) is 0 Å². The molecule has 2 aromatic rings. The molecule has 1 heterocycles. The van der Waals surface area contributed by atoms with Crippen LogP contribution in [0.25, 0.3) is 11.1 Å². The summed E-state index contributed by atoms with van der Waals surface area (Å²) in [6.07, 6.45) is 1.76. The van der Waals surface area contributed by atoms with Gasteiger partial charge in [-0.15, -0.1) is 0 Å². The second-order valence-electron chi connectivity index (χ2n) is 3.73. The minimum Gasteiger partial charge on any atom is -0.272 e. The van der Waals surface area contributed by atoms with E-state index in [4.69, 9.17) is 0 Å². The van der Waals surface area contributed by atoms with Crippen LogP contribution >= 0.6 is 0 Å². The summed E-state index contributed by atoms with van der Waals surface area (Å²) in [7, 11) is 1.88. The lowest BCUT2D eigenvalue weighted by atomic mass is 10.0. The van der Waals surface area contributed by atoms with Crippen molar-refractivity contribution in [2.24, 2.45) is 7.05 Å². The van der Waals surface area contributed by atoms with Gasteiger partial charge < -0.3 is 0 Å². The Hall–Kier alpha value is -1.64. The third-order valence-electron chi connectivity index (χ3n) is 2.72. The molecule has 2 rings (SSSR count). The second-order valence-corrected chi connectivity index (χ2v) is 3.73. The summed E-state index contributed by atoms with van der Waals surface area (Å²) in [5, 5.41) is 4.14. The van der Waals surface area contributed by atoms with Crippen LogP contribution in [0.3, 0.4) is 0 Å². The van der Waals surface area contributed by atoms with Crippen molar-refractivity contribution in [3.05, 3.63) is 41.5 Å². The number of aryl methyl sites for hydroxylation is 2. The van der Waals surface area contributed by atoms with Crippen molar-refractivity contribution in [3.8, 4) is 11.1 Å². The Morgan fingerprint density at radius 2 is 1.82 bits per heavy atom. The van der Waals surface area contributed by atoms with E-state index in [9.17, 15) is 4.39 Å². The van der Waals surface area contributed by atoms with Gasteiger partial charge in [0, 0.05) is 18.3 Å². The highest BCUT2D eigenvalue weighted by Gasteiger charge is 2.07. The average molecular weight is 234 g/mol. The summed E-state index contributed by atoms with van der Waals surface area (Å²) in [5.41, 5.74) is 3.57. The molecular weight excluding hydrogens is 215 g/mol. The number of hydrogen-bond donors (Lipinski definition) is 0. The Bertz CT molecular complexity index is 501. The van der Waals surface area contributed by atoms with E-state index in [2.05, 4.69) is 5.10 Å². The van der Waals surface area contributed by atoms with E-state index in [1.165, 1.54) is 0 Å². The van der Waals surface area contributed by atoms with Gasteiger partial charge in [0.2, 0.25) is 0 Å². The van der Waals surface area contributed by atoms with Crippen LogP contribution in [0, 0.1) is 19.7 Å². The highest BCUT2D eigenvalue weighted by atomic mass is 19.1. The standard InChI is InChI=1S/C12H13FN2.C2H6/c1-8-4-5-10(6-12(8)13)11-7-14-15(3)9(11)2;1-2/h4-7H,1-3H3;1-2H3. The maximum atomic E-state index is 13.4. The molecule has 0 aliphatic carbocycles. The summed E-state index contributed by atoms with van der Waals surface area (Å²) in [6.45, 7) is 7.73. The third kappa shape index (κ3) is 2.73. The molecule has 0 saturated heterocycles. The highest BCUT2D eigenvalue weighted by molar-refractivity contribution is 5.65. The molecule has 0 unspecified atom stereocenters. The largest absolute Gasteiger partial charge is 0.272 e. The summed E-state index contributed by atoms with van der Waals surface area (Å²) in [6, 6.07) is 5.26. The average Bonchev–Trinajstić information content (AvgIpc) is 2.67. The maximum Gasteiger partial charge on any atom is 0.126 e. The second kappa shape index (κ2) is 5.62. The van der Waals surface area contributed by atoms with Crippen molar-refractivity contribution in [2.45, 2.75) is 27.7 Å². The van der Waals surface area contributed by atoms with E-state index in [0.29, 0.717) is 5.56 Å². The summed E-state index contributed by atoms with van der Waals surface area (Å²) in [5.74, 6) is -0.171. The van der Waals surface area contributed by atoms with Crippen LogP contribution in [-0.4, -0.2) is 9.78 Å². The fraction of sp³-hybridized carbons (Fsp3) is 0.357. The number of halogens is 1. The van der Waals surface area contributed by atoms with Crippen molar-refractivity contribution < 1.29 is 4.39 Å². The number of aromatic nitrogens is 2. The van der Waals surface area contributed by atoms with Gasteiger partial charge in [-0.3, -0.25) is 4.68 Å². The molecule has 1 aromatic heterocycles. The molecule has 0 radical (unpaired) electrons. The SMILES string of the molecule is CC.Cc1ccc(-c2cnn(C)c2C)cc1F. The van der Waals surface area contributed by atoms with E-state index in [-0.39, 0.29) is 5.82 Å². The van der Waals surface area contributed by atoms with Crippen LogP contribution in [0.2, 0.25) is 0 Å². The number of nitrogens with zero attached hydrogens (tertiary/aromatic N) is 2. The topological polar surface area (TPSA) is 17.8 Å². The van der Waals surface area contributed by atoms with E-state index in [1.54, 1.807) is 29.9 Å². The van der Waals surface area contributed by atoms with Gasteiger partial charge in [-0.2, -0.15) is 5.10 Å². The first-order valence-electron chi connectivity index (χ1n) is 5.84. The monoisotopic (exact) mass is 234 g/mol. The zero-order valence-electron chi connectivity index (χ0n) is 11.1. The third-order valence-corrected chi connectivity index (χ3v) is 2.72. The van der Waals surface area contributed by atoms with Crippen LogP contribution in [-0.2, 0) is 7.05 Å². The minimum absolute atomic E-state index is 0.171. The van der Waals surface area contributed by atoms with Gasteiger partial charge in [0.05, 0.1) is 6.20 Å². The fourth-order valence-corrected chi connectivity index (χ4v) is 1.54. The zero-order chi connectivity index (χ0) is 13.0.